The summed E-state index contributed by atoms with van der Waals surface area (Å²) in [7, 11) is 1.83. The van der Waals surface area contributed by atoms with Crippen molar-refractivity contribution >= 4 is 40.0 Å². The highest BCUT2D eigenvalue weighted by Gasteiger charge is 2.06. The lowest BCUT2D eigenvalue weighted by atomic mass is 10.2. The van der Waals surface area contributed by atoms with Crippen molar-refractivity contribution in [3.63, 3.8) is 0 Å². The number of rotatable bonds is 4. The number of nitrogens with zero attached hydrogens (tertiary/aromatic N) is 2. The van der Waals surface area contributed by atoms with Gasteiger partial charge < -0.3 is 16.0 Å². The summed E-state index contributed by atoms with van der Waals surface area (Å²) >= 11 is 0. The van der Waals surface area contributed by atoms with Crippen LogP contribution in [0.4, 0.5) is 23.1 Å². The van der Waals surface area contributed by atoms with Crippen LogP contribution in [0.3, 0.4) is 0 Å². The van der Waals surface area contributed by atoms with Crippen molar-refractivity contribution in [1.82, 2.24) is 9.97 Å². The Bertz CT molecular complexity index is 845. The zero-order chi connectivity index (χ0) is 16.2. The maximum Gasteiger partial charge on any atom is 0.229 e. The number of benzene rings is 2. The van der Waals surface area contributed by atoms with Crippen molar-refractivity contribution in [2.24, 2.45) is 0 Å². The third kappa shape index (κ3) is 3.37. The van der Waals surface area contributed by atoms with Gasteiger partial charge in [0.05, 0.1) is 5.52 Å². The molecule has 6 heteroatoms. The molecule has 2 aromatic carbocycles. The van der Waals surface area contributed by atoms with E-state index in [0.717, 1.165) is 28.1 Å². The maximum atomic E-state index is 11.0. The van der Waals surface area contributed by atoms with Crippen LogP contribution in [0.25, 0.3) is 10.9 Å². The molecule has 1 amide bonds. The third-order valence-corrected chi connectivity index (χ3v) is 3.30. The molecule has 116 valence electrons. The first-order chi connectivity index (χ1) is 11.2. The monoisotopic (exact) mass is 307 g/mol. The number of carbonyl (C=O) groups is 1. The van der Waals surface area contributed by atoms with Crippen LogP contribution in [0.2, 0.25) is 0 Å². The van der Waals surface area contributed by atoms with Gasteiger partial charge in [0.25, 0.3) is 0 Å². The molecule has 1 heterocycles. The van der Waals surface area contributed by atoms with E-state index in [2.05, 4.69) is 25.9 Å². The molecule has 0 aliphatic carbocycles. The van der Waals surface area contributed by atoms with Crippen molar-refractivity contribution in [2.45, 2.75) is 6.92 Å². The molecule has 0 radical (unpaired) electrons. The predicted molar refractivity (Wildman–Crippen MR) is 93.1 cm³/mol. The summed E-state index contributed by atoms with van der Waals surface area (Å²) in [4.78, 5) is 20.0. The normalized spacial score (nSPS) is 10.3. The number of amides is 1. The number of para-hydroxylation sites is 1. The Balaban J connectivity index is 1.87. The van der Waals surface area contributed by atoms with Crippen LogP contribution in [0.1, 0.15) is 6.92 Å². The summed E-state index contributed by atoms with van der Waals surface area (Å²) in [5.74, 6) is 1.19. The van der Waals surface area contributed by atoms with Crippen LogP contribution < -0.4 is 16.0 Å². The van der Waals surface area contributed by atoms with Crippen molar-refractivity contribution in [3.05, 3.63) is 48.5 Å². The highest BCUT2D eigenvalue weighted by atomic mass is 16.1. The van der Waals surface area contributed by atoms with Gasteiger partial charge in [-0.25, -0.2) is 4.98 Å². The Labute approximate surface area is 134 Å². The molecule has 1 aromatic heterocycles. The minimum atomic E-state index is -0.0952. The molecule has 0 aliphatic heterocycles. The Morgan fingerprint density at radius 2 is 1.65 bits per heavy atom. The highest BCUT2D eigenvalue weighted by Crippen LogP contribution is 2.23. The van der Waals surface area contributed by atoms with E-state index in [1.165, 1.54) is 6.92 Å². The highest BCUT2D eigenvalue weighted by molar-refractivity contribution is 5.90. The molecule has 0 atom stereocenters. The van der Waals surface area contributed by atoms with Gasteiger partial charge in [-0.1, -0.05) is 12.1 Å². The first kappa shape index (κ1) is 14.8. The number of anilines is 4. The van der Waals surface area contributed by atoms with Gasteiger partial charge in [-0.3, -0.25) is 4.79 Å². The summed E-state index contributed by atoms with van der Waals surface area (Å²) in [6.45, 7) is 1.48. The minimum absolute atomic E-state index is 0.0952. The Hall–Kier alpha value is -3.15. The molecule has 0 bridgehead atoms. The molecule has 3 rings (SSSR count). The fourth-order valence-corrected chi connectivity index (χ4v) is 2.29. The quantitative estimate of drug-likeness (QED) is 0.688. The fraction of sp³-hybridized carbons (Fsp3) is 0.118. The predicted octanol–water partition coefficient (Wildman–Crippen LogP) is 3.37. The molecule has 6 nitrogen and oxygen atoms in total. The zero-order valence-electron chi connectivity index (χ0n) is 12.9. The lowest BCUT2D eigenvalue weighted by molar-refractivity contribution is -0.114. The smallest absolute Gasteiger partial charge is 0.229 e. The first-order valence-corrected chi connectivity index (χ1v) is 7.25. The summed E-state index contributed by atoms with van der Waals surface area (Å²) in [5.41, 5.74) is 2.46. The van der Waals surface area contributed by atoms with Crippen molar-refractivity contribution in [2.75, 3.05) is 23.0 Å². The molecule has 0 saturated heterocycles. The second kappa shape index (κ2) is 6.31. The second-order valence-electron chi connectivity index (χ2n) is 5.05. The Morgan fingerprint density at radius 1 is 0.957 bits per heavy atom. The van der Waals surface area contributed by atoms with Gasteiger partial charge in [-0.05, 0) is 36.4 Å². The van der Waals surface area contributed by atoms with E-state index in [1.54, 1.807) is 0 Å². The Kier molecular flexibility index (Phi) is 4.05. The largest absolute Gasteiger partial charge is 0.372 e. The molecular formula is C17H17N5O. The topological polar surface area (TPSA) is 78.9 Å². The van der Waals surface area contributed by atoms with Crippen LogP contribution in [-0.4, -0.2) is 22.9 Å². The fourth-order valence-electron chi connectivity index (χ4n) is 2.29. The van der Waals surface area contributed by atoms with Crippen molar-refractivity contribution in [1.29, 1.82) is 0 Å². The number of carbonyl (C=O) groups excluding carboxylic acids is 1. The second-order valence-corrected chi connectivity index (χ2v) is 5.05. The maximum absolute atomic E-state index is 11.0. The average Bonchev–Trinajstić information content (AvgIpc) is 2.55. The molecule has 23 heavy (non-hydrogen) atoms. The molecule has 0 fully saturated rings. The van der Waals surface area contributed by atoms with E-state index in [0.29, 0.717) is 5.95 Å². The standard InChI is InChI=1S/C17H17N5O/c1-11(23)19-12-7-9-13(10-8-12)20-17-21-15-6-4-3-5-14(15)16(18-2)22-17/h3-10H,1-2H3,(H,19,23)(H2,18,20,21,22). The first-order valence-electron chi connectivity index (χ1n) is 7.25. The van der Waals surface area contributed by atoms with Gasteiger partial charge in [0.15, 0.2) is 0 Å². The number of nitrogens with one attached hydrogen (secondary N) is 3. The van der Waals surface area contributed by atoms with Crippen LogP contribution >= 0.6 is 0 Å². The van der Waals surface area contributed by atoms with Crippen LogP contribution in [-0.2, 0) is 4.79 Å². The summed E-state index contributed by atoms with van der Waals surface area (Å²) in [5, 5.41) is 9.97. The van der Waals surface area contributed by atoms with Crippen LogP contribution in [0, 0.1) is 0 Å². The van der Waals surface area contributed by atoms with E-state index < -0.39 is 0 Å². The van der Waals surface area contributed by atoms with Crippen LogP contribution in [0.15, 0.2) is 48.5 Å². The summed E-state index contributed by atoms with van der Waals surface area (Å²) in [6, 6.07) is 15.2. The molecule has 0 saturated carbocycles. The minimum Gasteiger partial charge on any atom is -0.372 e. The van der Waals surface area contributed by atoms with E-state index in [9.17, 15) is 4.79 Å². The molecule has 3 N–H and O–H groups in total. The van der Waals surface area contributed by atoms with Crippen LogP contribution in [0.5, 0.6) is 0 Å². The molecule has 0 unspecified atom stereocenters. The average molecular weight is 307 g/mol. The molecular weight excluding hydrogens is 290 g/mol. The number of aromatic nitrogens is 2. The van der Waals surface area contributed by atoms with Crippen molar-refractivity contribution in [3.8, 4) is 0 Å². The summed E-state index contributed by atoms with van der Waals surface area (Å²) in [6.07, 6.45) is 0. The van der Waals surface area contributed by atoms with Gasteiger partial charge in [0.1, 0.15) is 5.82 Å². The zero-order valence-corrected chi connectivity index (χ0v) is 12.9. The number of fused-ring (bicyclic) bond motifs is 1. The van der Waals surface area contributed by atoms with Gasteiger partial charge in [0, 0.05) is 30.7 Å². The lowest BCUT2D eigenvalue weighted by Crippen LogP contribution is -2.05. The lowest BCUT2D eigenvalue weighted by Gasteiger charge is -2.10. The molecule has 0 aliphatic rings. The molecule has 0 spiro atoms. The number of hydrogen-bond donors (Lipinski definition) is 3. The van der Waals surface area contributed by atoms with Gasteiger partial charge >= 0.3 is 0 Å². The van der Waals surface area contributed by atoms with E-state index >= 15 is 0 Å². The third-order valence-electron chi connectivity index (χ3n) is 3.30. The summed E-state index contributed by atoms with van der Waals surface area (Å²) < 4.78 is 0. The number of hydrogen-bond acceptors (Lipinski definition) is 5. The Morgan fingerprint density at radius 3 is 2.35 bits per heavy atom. The van der Waals surface area contributed by atoms with Gasteiger partial charge in [-0.2, -0.15) is 4.98 Å². The SMILES string of the molecule is CNc1nc(Nc2ccc(NC(C)=O)cc2)nc2ccccc12. The van der Waals surface area contributed by atoms with Crippen molar-refractivity contribution < 1.29 is 4.79 Å². The van der Waals surface area contributed by atoms with E-state index in [-0.39, 0.29) is 5.91 Å². The molecule has 3 aromatic rings. The van der Waals surface area contributed by atoms with Gasteiger partial charge in [0.2, 0.25) is 11.9 Å². The van der Waals surface area contributed by atoms with Gasteiger partial charge in [-0.15, -0.1) is 0 Å². The van der Waals surface area contributed by atoms with E-state index in [4.69, 9.17) is 0 Å². The van der Waals surface area contributed by atoms with E-state index in [1.807, 2.05) is 55.6 Å².